The number of nitrogens with one attached hydrogen (secondary N) is 2. The van der Waals surface area contributed by atoms with E-state index in [1.54, 1.807) is 42.5 Å². The lowest BCUT2D eigenvalue weighted by Crippen LogP contribution is -2.32. The van der Waals surface area contributed by atoms with Gasteiger partial charge in [-0.3, -0.25) is 9.59 Å². The van der Waals surface area contributed by atoms with Gasteiger partial charge in [0.1, 0.15) is 18.1 Å². The lowest BCUT2D eigenvalue weighted by atomic mass is 10.2. The molecule has 0 atom stereocenters. The summed E-state index contributed by atoms with van der Waals surface area (Å²) in [6.07, 6.45) is 3.05. The number of amides is 2. The van der Waals surface area contributed by atoms with Crippen LogP contribution in [0.4, 0.5) is 5.69 Å². The molecule has 2 aromatic rings. The van der Waals surface area contributed by atoms with Gasteiger partial charge >= 0.3 is 11.8 Å². The van der Waals surface area contributed by atoms with Gasteiger partial charge in [0.15, 0.2) is 0 Å². The Bertz CT molecular complexity index is 851. The van der Waals surface area contributed by atoms with Gasteiger partial charge in [0, 0.05) is 5.02 Å². The summed E-state index contributed by atoms with van der Waals surface area (Å²) in [7, 11) is 1.44. The quantitative estimate of drug-likeness (QED) is 0.331. The Balaban J connectivity index is 1.91. The Labute approximate surface area is 161 Å². The maximum absolute atomic E-state index is 12.0. The van der Waals surface area contributed by atoms with Crippen molar-refractivity contribution in [1.82, 2.24) is 5.43 Å². The molecule has 7 nitrogen and oxygen atoms in total. The second kappa shape index (κ2) is 9.98. The largest absolute Gasteiger partial charge is 0.495 e. The molecule has 0 aliphatic rings. The number of hydrogen-bond acceptors (Lipinski definition) is 5. The number of hydrazone groups is 1. The maximum Gasteiger partial charge on any atom is 0.329 e. The third-order valence-electron chi connectivity index (χ3n) is 3.24. The second-order valence-electron chi connectivity index (χ2n) is 5.17. The number of hydrogen-bond donors (Lipinski definition) is 2. The van der Waals surface area contributed by atoms with Crippen LogP contribution in [0.25, 0.3) is 0 Å². The van der Waals surface area contributed by atoms with Gasteiger partial charge in [-0.15, -0.1) is 0 Å². The number of rotatable bonds is 7. The van der Waals surface area contributed by atoms with Crippen molar-refractivity contribution in [2.75, 3.05) is 19.0 Å². The molecular formula is C19H18ClN3O4. The molecule has 27 heavy (non-hydrogen) atoms. The second-order valence-corrected chi connectivity index (χ2v) is 5.60. The number of ether oxygens (including phenoxy) is 2. The van der Waals surface area contributed by atoms with E-state index in [0.29, 0.717) is 23.1 Å². The van der Waals surface area contributed by atoms with E-state index < -0.39 is 11.8 Å². The highest BCUT2D eigenvalue weighted by molar-refractivity contribution is 6.40. The zero-order valence-corrected chi connectivity index (χ0v) is 15.3. The van der Waals surface area contributed by atoms with Crippen LogP contribution < -0.4 is 20.2 Å². The molecule has 0 bridgehead atoms. The molecule has 0 heterocycles. The fourth-order valence-electron chi connectivity index (χ4n) is 1.98. The first-order chi connectivity index (χ1) is 13.0. The number of carbonyl (C=O) groups excluding carboxylic acids is 2. The van der Waals surface area contributed by atoms with E-state index in [-0.39, 0.29) is 5.69 Å². The summed E-state index contributed by atoms with van der Waals surface area (Å²) in [5.74, 6) is -0.770. The van der Waals surface area contributed by atoms with Crippen LogP contribution in [-0.4, -0.2) is 31.7 Å². The van der Waals surface area contributed by atoms with Crippen molar-refractivity contribution in [2.45, 2.75) is 0 Å². The summed E-state index contributed by atoms with van der Waals surface area (Å²) in [5.41, 5.74) is 3.15. The summed E-state index contributed by atoms with van der Waals surface area (Å²) < 4.78 is 10.5. The predicted molar refractivity (Wildman–Crippen MR) is 105 cm³/mol. The summed E-state index contributed by atoms with van der Waals surface area (Å²) in [6, 6.07) is 11.7. The first-order valence-corrected chi connectivity index (χ1v) is 8.23. The van der Waals surface area contributed by atoms with Crippen molar-refractivity contribution in [2.24, 2.45) is 5.10 Å². The lowest BCUT2D eigenvalue weighted by Gasteiger charge is -2.09. The molecule has 0 fully saturated rings. The minimum atomic E-state index is -0.931. The maximum atomic E-state index is 12.0. The fraction of sp³-hybridized carbons (Fsp3) is 0.105. The van der Waals surface area contributed by atoms with Crippen molar-refractivity contribution < 1.29 is 19.1 Å². The third-order valence-corrected chi connectivity index (χ3v) is 3.48. The Morgan fingerprint density at radius 2 is 1.93 bits per heavy atom. The Morgan fingerprint density at radius 3 is 2.59 bits per heavy atom. The van der Waals surface area contributed by atoms with Gasteiger partial charge in [0.25, 0.3) is 0 Å². The molecule has 0 saturated heterocycles. The monoisotopic (exact) mass is 387 g/mol. The van der Waals surface area contributed by atoms with Gasteiger partial charge in [-0.25, -0.2) is 5.43 Å². The van der Waals surface area contributed by atoms with Gasteiger partial charge in [0.05, 0.1) is 19.0 Å². The molecule has 2 rings (SSSR count). The Morgan fingerprint density at radius 1 is 1.19 bits per heavy atom. The molecule has 2 N–H and O–H groups in total. The van der Waals surface area contributed by atoms with E-state index in [4.69, 9.17) is 21.1 Å². The smallest absolute Gasteiger partial charge is 0.329 e. The van der Waals surface area contributed by atoms with Crippen molar-refractivity contribution in [3.8, 4) is 11.5 Å². The summed E-state index contributed by atoms with van der Waals surface area (Å²) in [4.78, 5) is 23.8. The average Bonchev–Trinajstić information content (AvgIpc) is 2.67. The predicted octanol–water partition coefficient (Wildman–Crippen LogP) is 3.00. The van der Waals surface area contributed by atoms with Crippen LogP contribution in [0.3, 0.4) is 0 Å². The molecular weight excluding hydrogens is 370 g/mol. The van der Waals surface area contributed by atoms with Crippen molar-refractivity contribution >= 4 is 35.3 Å². The van der Waals surface area contributed by atoms with Gasteiger partial charge in [-0.2, -0.15) is 5.10 Å². The Kier molecular flexibility index (Phi) is 7.39. The molecule has 8 heteroatoms. The Hall–Kier alpha value is -3.32. The molecule has 0 aliphatic heterocycles. The highest BCUT2D eigenvalue weighted by Gasteiger charge is 2.15. The van der Waals surface area contributed by atoms with E-state index in [2.05, 4.69) is 22.4 Å². The van der Waals surface area contributed by atoms with E-state index >= 15 is 0 Å². The van der Waals surface area contributed by atoms with E-state index in [0.717, 1.165) is 5.56 Å². The molecule has 0 unspecified atom stereocenters. The van der Waals surface area contributed by atoms with Crippen LogP contribution in [0, 0.1) is 0 Å². The van der Waals surface area contributed by atoms with Crippen LogP contribution in [0.2, 0.25) is 5.02 Å². The molecule has 0 radical (unpaired) electrons. The van der Waals surface area contributed by atoms with Crippen LogP contribution in [0.1, 0.15) is 5.56 Å². The number of carbonyl (C=O) groups is 2. The molecule has 2 aromatic carbocycles. The fourth-order valence-corrected chi connectivity index (χ4v) is 2.15. The van der Waals surface area contributed by atoms with E-state index in [1.165, 1.54) is 19.4 Å². The summed E-state index contributed by atoms with van der Waals surface area (Å²) >= 11 is 5.88. The van der Waals surface area contributed by atoms with Crippen LogP contribution in [0.15, 0.2) is 60.2 Å². The lowest BCUT2D eigenvalue weighted by molar-refractivity contribution is -0.136. The van der Waals surface area contributed by atoms with Gasteiger partial charge < -0.3 is 14.8 Å². The first kappa shape index (κ1) is 20.0. The molecule has 0 spiro atoms. The summed E-state index contributed by atoms with van der Waals surface area (Å²) in [5, 5.41) is 6.57. The highest BCUT2D eigenvalue weighted by atomic mass is 35.5. The summed E-state index contributed by atoms with van der Waals surface area (Å²) in [6.45, 7) is 3.98. The standard InChI is InChI=1S/C19H18ClN3O4/c1-3-10-27-15-7-4-13(5-8-15)12-21-23-19(25)18(24)22-16-11-14(20)6-9-17(16)26-2/h3-9,11-12H,1,10H2,2H3,(H,22,24)(H,23,25)/b21-12-. The van der Waals surface area contributed by atoms with Crippen LogP contribution in [-0.2, 0) is 9.59 Å². The zero-order valence-electron chi connectivity index (χ0n) is 14.6. The number of benzene rings is 2. The van der Waals surface area contributed by atoms with Gasteiger partial charge in [-0.05, 0) is 48.0 Å². The normalized spacial score (nSPS) is 10.3. The molecule has 0 saturated carbocycles. The third kappa shape index (κ3) is 6.16. The molecule has 0 aliphatic carbocycles. The highest BCUT2D eigenvalue weighted by Crippen LogP contribution is 2.27. The van der Waals surface area contributed by atoms with Crippen molar-refractivity contribution in [3.63, 3.8) is 0 Å². The van der Waals surface area contributed by atoms with Crippen LogP contribution in [0.5, 0.6) is 11.5 Å². The van der Waals surface area contributed by atoms with Crippen molar-refractivity contribution in [1.29, 1.82) is 0 Å². The van der Waals surface area contributed by atoms with E-state index in [9.17, 15) is 9.59 Å². The topological polar surface area (TPSA) is 89.0 Å². The average molecular weight is 388 g/mol. The molecule has 2 amide bonds. The van der Waals surface area contributed by atoms with Crippen LogP contribution >= 0.6 is 11.6 Å². The number of nitrogens with zero attached hydrogens (tertiary/aromatic N) is 1. The SMILES string of the molecule is C=CCOc1ccc(/C=N\NC(=O)C(=O)Nc2cc(Cl)ccc2OC)cc1. The minimum absolute atomic E-state index is 0.282. The van der Waals surface area contributed by atoms with E-state index in [1.807, 2.05) is 0 Å². The number of anilines is 1. The zero-order chi connectivity index (χ0) is 19.6. The van der Waals surface area contributed by atoms with Gasteiger partial charge in [0.2, 0.25) is 0 Å². The van der Waals surface area contributed by atoms with Crippen molar-refractivity contribution in [3.05, 3.63) is 65.7 Å². The minimum Gasteiger partial charge on any atom is -0.495 e. The molecule has 140 valence electrons. The van der Waals surface area contributed by atoms with Gasteiger partial charge in [-0.1, -0.05) is 24.3 Å². The number of halogens is 1. The number of methoxy groups -OCH3 is 1. The first-order valence-electron chi connectivity index (χ1n) is 7.85. The molecule has 0 aromatic heterocycles.